The SMILES string of the molecule is CC=Cc1cc([S-](c2cc(C=CC)c(C=CC)c(C=CC)c2C=CC)P([O-])([O-])=S)c(C=CC)c(C=CC)c1C=CC.CC=Cc1cc([S-](c2cc(C=CC)c(C=CC)c(C=CC)c2C=CC)P([O-])([O-])=S)c(C=CC)c(C=CC)c1C=CC.[Zn+2].[Zn+2].[Zn+2]. The summed E-state index contributed by atoms with van der Waals surface area (Å²) in [5.41, 5.74) is 6.51. The van der Waals surface area contributed by atoms with Crippen LogP contribution in [0.3, 0.4) is 0 Å². The van der Waals surface area contributed by atoms with Crippen LogP contribution in [0, 0.1) is 0 Å². The zero-order valence-corrected chi connectivity index (χ0v) is 67.0. The summed E-state index contributed by atoms with van der Waals surface area (Å²) in [5.74, 6) is 0. The van der Waals surface area contributed by atoms with Gasteiger partial charge in [-0.25, -0.2) is 0 Å². The number of hydrogen-bond donors (Lipinski definition) is 0. The first-order valence-corrected chi connectivity index (χ1v) is 36.7. The quantitative estimate of drug-likeness (QED) is 0.0442. The molecule has 0 radical (unpaired) electrons. The number of hydrogen-bond acceptors (Lipinski definition) is 8. The molecule has 0 aliphatic heterocycles. The number of allylic oxidation sites excluding steroid dienone is 16. The standard InChI is InChI=1S/2C36H44O2PS2.3Zn/c2*1-9-17-27-25-35(33(23-15-7)31(21-13-5)29(27)19-11-3)41(39(37,38)40)36-26-28(18-10-2)30(20-12-4)32(22-14-6)34(36)24-16-8;;;/h2*9-26H,1-8H3,(H2,37,38,40);;;/q2*-1;3*+2/p-4. The van der Waals surface area contributed by atoms with Gasteiger partial charge < -0.3 is 52.0 Å². The normalized spacial score (nSPS) is 13.4. The van der Waals surface area contributed by atoms with Crippen molar-refractivity contribution in [2.45, 2.75) is 130 Å². The summed E-state index contributed by atoms with van der Waals surface area (Å²) < 4.78 is 0. The van der Waals surface area contributed by atoms with E-state index in [1.54, 1.807) is 0 Å². The van der Waals surface area contributed by atoms with Crippen LogP contribution in [0.15, 0.2) is 141 Å². The van der Waals surface area contributed by atoms with Crippen LogP contribution >= 0.6 is 11.4 Å². The van der Waals surface area contributed by atoms with E-state index in [0.717, 1.165) is 89.0 Å². The van der Waals surface area contributed by atoms with Crippen LogP contribution in [-0.2, 0) is 103 Å². The molecule has 4 rings (SSSR count). The van der Waals surface area contributed by atoms with Gasteiger partial charge in [0.1, 0.15) is 0 Å². The molecule has 85 heavy (non-hydrogen) atoms. The summed E-state index contributed by atoms with van der Waals surface area (Å²) in [6.07, 6.45) is 64.5. The third-order valence-electron chi connectivity index (χ3n) is 12.4. The first-order valence-electron chi connectivity index (χ1n) is 27.8. The van der Waals surface area contributed by atoms with Gasteiger partial charge in [0, 0.05) is 0 Å². The van der Waals surface area contributed by atoms with E-state index in [2.05, 4.69) is 48.6 Å². The first-order chi connectivity index (χ1) is 39.4. The maximum Gasteiger partial charge on any atom is 2.00 e. The average Bonchev–Trinajstić information content (AvgIpc) is 1.62. The van der Waals surface area contributed by atoms with E-state index >= 15 is 0 Å². The van der Waals surface area contributed by atoms with Crippen molar-refractivity contribution in [3.8, 4) is 0 Å². The fourth-order valence-corrected chi connectivity index (χ4v) is 21.2. The molecule has 0 fully saturated rings. The Labute approximate surface area is 566 Å². The summed E-state index contributed by atoms with van der Waals surface area (Å²) in [6, 6.07) is 8.06. The molecule has 0 aliphatic rings. The van der Waals surface area contributed by atoms with Gasteiger partial charge in [-0.2, -0.15) is 23.6 Å². The molecule has 0 bridgehead atoms. The van der Waals surface area contributed by atoms with Gasteiger partial charge in [-0.1, -0.05) is 219 Å². The second kappa shape index (κ2) is 41.6. The summed E-state index contributed by atoms with van der Waals surface area (Å²) in [6.45, 7) is 31.5. The second-order valence-electron chi connectivity index (χ2n) is 18.3. The minimum Gasteiger partial charge on any atom is -0.848 e. The van der Waals surface area contributed by atoms with E-state index in [0.29, 0.717) is 19.6 Å². The molecule has 0 amide bonds. The topological polar surface area (TPSA) is 92.2 Å². The average molecular weight is 1400 g/mol. The monoisotopic (exact) mass is 1390 g/mol. The zero-order valence-electron chi connectivity index (χ0n) is 53.1. The van der Waals surface area contributed by atoms with Crippen molar-refractivity contribution in [1.82, 2.24) is 0 Å². The third kappa shape index (κ3) is 21.3. The summed E-state index contributed by atoms with van der Waals surface area (Å²) >= 11 is 10.8. The summed E-state index contributed by atoms with van der Waals surface area (Å²) in [4.78, 5) is 58.2. The molecule has 13 heteroatoms. The second-order valence-corrected chi connectivity index (χ2v) is 32.3. The molecule has 4 aromatic rings. The molecule has 0 N–H and O–H groups in total. The minimum absolute atomic E-state index is 0. The van der Waals surface area contributed by atoms with Gasteiger partial charge in [-0.15, -0.1) is 19.6 Å². The van der Waals surface area contributed by atoms with E-state index in [4.69, 9.17) is 23.6 Å². The van der Waals surface area contributed by atoms with Crippen molar-refractivity contribution < 1.29 is 78.0 Å². The molecule has 0 aromatic heterocycles. The molecular formula is C72H84O4P2S4Zn3. The zero-order chi connectivity index (χ0) is 61.2. The van der Waals surface area contributed by atoms with E-state index < -0.39 is 32.4 Å². The van der Waals surface area contributed by atoms with Gasteiger partial charge in [-0.3, -0.25) is 0 Å². The Kier molecular flexibility index (Phi) is 39.9. The summed E-state index contributed by atoms with van der Waals surface area (Å²) in [7, 11) is -2.89. The Bertz CT molecular complexity index is 3060. The Morgan fingerprint density at radius 1 is 0.235 bits per heavy atom. The van der Waals surface area contributed by atoms with Gasteiger partial charge in [0.15, 0.2) is 0 Å². The molecule has 0 saturated carbocycles. The van der Waals surface area contributed by atoms with Crippen LogP contribution < -0.4 is 19.6 Å². The van der Waals surface area contributed by atoms with E-state index in [-0.39, 0.29) is 58.4 Å². The molecule has 0 atom stereocenters. The molecule has 4 nitrogen and oxygen atoms in total. The Morgan fingerprint density at radius 2 is 0.365 bits per heavy atom. The van der Waals surface area contributed by atoms with Gasteiger partial charge in [0.25, 0.3) is 0 Å². The van der Waals surface area contributed by atoms with Crippen LogP contribution in [0.1, 0.15) is 200 Å². The molecule has 0 saturated heterocycles. The van der Waals surface area contributed by atoms with Crippen molar-refractivity contribution in [3.63, 3.8) is 0 Å². The fraction of sp³-hybridized carbons (Fsp3) is 0.222. The van der Waals surface area contributed by atoms with Gasteiger partial charge in [0.2, 0.25) is 0 Å². The Balaban J connectivity index is 0.00000160. The predicted molar refractivity (Wildman–Crippen MR) is 377 cm³/mol. The van der Waals surface area contributed by atoms with Gasteiger partial charge in [0.05, 0.1) is 0 Å². The molecule has 436 valence electrons. The van der Waals surface area contributed by atoms with Crippen molar-refractivity contribution in [3.05, 3.63) is 210 Å². The maximum atomic E-state index is 13.8. The van der Waals surface area contributed by atoms with Gasteiger partial charge in [-0.05, 0) is 200 Å². The minimum atomic E-state index is -4.38. The molecule has 0 aliphatic carbocycles. The van der Waals surface area contributed by atoms with Crippen LogP contribution in [0.2, 0.25) is 0 Å². The van der Waals surface area contributed by atoms with Crippen molar-refractivity contribution in [2.75, 3.05) is 0 Å². The van der Waals surface area contributed by atoms with Crippen molar-refractivity contribution in [2.24, 2.45) is 0 Å². The Morgan fingerprint density at radius 3 is 0.494 bits per heavy atom. The van der Waals surface area contributed by atoms with E-state index in [1.165, 1.54) is 0 Å². The van der Waals surface area contributed by atoms with Crippen LogP contribution in [-0.4, -0.2) is 0 Å². The molecule has 0 spiro atoms. The van der Waals surface area contributed by atoms with Crippen molar-refractivity contribution in [1.29, 1.82) is 0 Å². The predicted octanol–water partition coefficient (Wildman–Crippen LogP) is 19.9. The van der Waals surface area contributed by atoms with Crippen molar-refractivity contribution >= 4 is 153 Å². The molecule has 4 aromatic carbocycles. The number of benzene rings is 4. The van der Waals surface area contributed by atoms with Crippen LogP contribution in [0.5, 0.6) is 0 Å². The molecular weight excluding hydrogens is 1320 g/mol. The molecule has 0 unspecified atom stereocenters. The van der Waals surface area contributed by atoms with Gasteiger partial charge >= 0.3 is 58.4 Å². The largest absolute Gasteiger partial charge is 2.00 e. The molecule has 0 heterocycles. The van der Waals surface area contributed by atoms with Crippen LogP contribution in [0.4, 0.5) is 0 Å². The van der Waals surface area contributed by atoms with E-state index in [9.17, 15) is 19.6 Å². The maximum absolute atomic E-state index is 13.8. The first kappa shape index (κ1) is 81.4. The fourth-order valence-electron chi connectivity index (χ4n) is 9.70. The summed E-state index contributed by atoms with van der Waals surface area (Å²) in [5, 5.41) is 0. The van der Waals surface area contributed by atoms with Crippen LogP contribution in [0.25, 0.3) is 97.2 Å². The Hall–Kier alpha value is -3.57. The number of rotatable bonds is 22. The smallest absolute Gasteiger partial charge is 0.848 e. The third-order valence-corrected chi connectivity index (χ3v) is 24.1. The van der Waals surface area contributed by atoms with E-state index in [1.807, 2.05) is 281 Å².